The van der Waals surface area contributed by atoms with E-state index in [0.717, 1.165) is 22.2 Å². The molecule has 2 N–H and O–H groups in total. The Balaban J connectivity index is 1.41. The molecule has 0 radical (unpaired) electrons. The van der Waals surface area contributed by atoms with Crippen molar-refractivity contribution in [1.82, 2.24) is 19.8 Å². The minimum absolute atomic E-state index is 0.0320. The van der Waals surface area contributed by atoms with Gasteiger partial charge in [-0.1, -0.05) is 30.3 Å². The topological polar surface area (TPSA) is 87.2 Å². The van der Waals surface area contributed by atoms with E-state index < -0.39 is 17.6 Å². The molecular weight excluding hydrogens is 451 g/mol. The van der Waals surface area contributed by atoms with Gasteiger partial charge in [0.15, 0.2) is 4.77 Å². The summed E-state index contributed by atoms with van der Waals surface area (Å²) in [5.74, 6) is -1.25. The lowest BCUT2D eigenvalue weighted by molar-refractivity contribution is -0.122. The third-order valence-corrected chi connectivity index (χ3v) is 5.89. The Bertz CT molecular complexity index is 1270. The molecule has 7 nitrogen and oxygen atoms in total. The number of imide groups is 1. The van der Waals surface area contributed by atoms with Crippen molar-refractivity contribution >= 4 is 47.1 Å². The molecule has 2 heterocycles. The maximum atomic E-state index is 13.2. The summed E-state index contributed by atoms with van der Waals surface area (Å²) in [4.78, 5) is 41.8. The highest BCUT2D eigenvalue weighted by molar-refractivity contribution is 8.18. The fourth-order valence-electron chi connectivity index (χ4n) is 3.15. The lowest BCUT2D eigenvalue weighted by Crippen LogP contribution is -2.37. The van der Waals surface area contributed by atoms with Gasteiger partial charge in [-0.15, -0.1) is 0 Å². The number of amides is 3. The van der Waals surface area contributed by atoms with Crippen molar-refractivity contribution in [3.8, 4) is 5.69 Å². The molecule has 1 aromatic heterocycles. The summed E-state index contributed by atoms with van der Waals surface area (Å²) in [5, 5.41) is 2.30. The number of nitrogens with one attached hydrogen (secondary N) is 2. The first kappa shape index (κ1) is 21.7. The van der Waals surface area contributed by atoms with Crippen LogP contribution < -0.4 is 5.32 Å². The number of imidazole rings is 1. The summed E-state index contributed by atoms with van der Waals surface area (Å²) < 4.78 is 15.0. The van der Waals surface area contributed by atoms with E-state index in [4.69, 9.17) is 12.2 Å². The molecule has 3 aromatic rings. The molecule has 0 atom stereocenters. The van der Waals surface area contributed by atoms with Crippen molar-refractivity contribution in [3.05, 3.63) is 87.5 Å². The van der Waals surface area contributed by atoms with Gasteiger partial charge < -0.3 is 10.3 Å². The van der Waals surface area contributed by atoms with Gasteiger partial charge in [-0.25, -0.2) is 4.39 Å². The van der Waals surface area contributed by atoms with Gasteiger partial charge in [0.2, 0.25) is 0 Å². The summed E-state index contributed by atoms with van der Waals surface area (Å²) in [7, 11) is 0. The van der Waals surface area contributed by atoms with Gasteiger partial charge >= 0.3 is 0 Å². The Labute approximate surface area is 191 Å². The van der Waals surface area contributed by atoms with Crippen LogP contribution in [0.15, 0.2) is 65.7 Å². The number of rotatable bonds is 6. The summed E-state index contributed by atoms with van der Waals surface area (Å²) in [6.45, 7) is 0.0983. The summed E-state index contributed by atoms with van der Waals surface area (Å²) in [6, 6.07) is 14.8. The van der Waals surface area contributed by atoms with E-state index in [9.17, 15) is 18.8 Å². The largest absolute Gasteiger partial charge is 0.349 e. The molecule has 0 unspecified atom stereocenters. The second-order valence-electron chi connectivity index (χ2n) is 6.79. The fraction of sp³-hybridized carbons (Fsp3) is 0.0909. The number of hydrogen-bond donors (Lipinski definition) is 2. The van der Waals surface area contributed by atoms with Crippen molar-refractivity contribution in [1.29, 1.82) is 0 Å². The van der Waals surface area contributed by atoms with Crippen molar-refractivity contribution in [3.63, 3.8) is 0 Å². The highest BCUT2D eigenvalue weighted by Crippen LogP contribution is 2.31. The first-order chi connectivity index (χ1) is 15.4. The fourth-order valence-corrected chi connectivity index (χ4v) is 4.28. The molecule has 0 bridgehead atoms. The summed E-state index contributed by atoms with van der Waals surface area (Å²) in [6.07, 6.45) is 3.11. The molecular formula is C22H17FN4O3S2. The van der Waals surface area contributed by atoms with Crippen LogP contribution in [0.4, 0.5) is 9.18 Å². The molecule has 4 rings (SSSR count). The Kier molecular flexibility index (Phi) is 6.33. The molecule has 1 aliphatic heterocycles. The lowest BCUT2D eigenvalue weighted by Gasteiger charge is -2.13. The van der Waals surface area contributed by atoms with E-state index in [1.165, 1.54) is 35.0 Å². The van der Waals surface area contributed by atoms with Crippen molar-refractivity contribution in [2.45, 2.75) is 0 Å². The molecule has 3 amide bonds. The van der Waals surface area contributed by atoms with Crippen LogP contribution in [0, 0.1) is 10.6 Å². The number of benzene rings is 2. The van der Waals surface area contributed by atoms with E-state index >= 15 is 0 Å². The lowest BCUT2D eigenvalue weighted by atomic mass is 10.2. The molecule has 1 aliphatic rings. The van der Waals surface area contributed by atoms with Gasteiger partial charge in [-0.3, -0.25) is 23.9 Å². The van der Waals surface area contributed by atoms with Gasteiger partial charge in [-0.05, 0) is 59.9 Å². The number of halogens is 1. The number of nitrogens with zero attached hydrogens (tertiary/aromatic N) is 2. The van der Waals surface area contributed by atoms with Crippen LogP contribution in [0.5, 0.6) is 0 Å². The first-order valence-corrected chi connectivity index (χ1v) is 10.8. The van der Waals surface area contributed by atoms with Crippen molar-refractivity contribution in [2.24, 2.45) is 0 Å². The molecule has 1 saturated heterocycles. The molecule has 32 heavy (non-hydrogen) atoms. The molecule has 0 aliphatic carbocycles. The standard InChI is InChI=1S/C22H17FN4O3S2/c23-15-6-8-16(9-7-15)27-17(13-25-21(27)31)19(28)24-10-11-26-20(29)18(32-22(26)30)12-14-4-2-1-3-5-14/h1-9,12-13H,10-11H2,(H,24,28)(H,25,31)/b18-12-. The van der Waals surface area contributed by atoms with Gasteiger partial charge in [0, 0.05) is 25.0 Å². The van der Waals surface area contributed by atoms with E-state index in [1.54, 1.807) is 6.08 Å². The number of carbonyl (C=O) groups excluding carboxylic acids is 3. The Hall–Kier alpha value is -3.50. The molecule has 1 fully saturated rings. The second kappa shape index (κ2) is 9.33. The van der Waals surface area contributed by atoms with Crippen LogP contribution in [-0.4, -0.2) is 44.6 Å². The highest BCUT2D eigenvalue weighted by Gasteiger charge is 2.34. The Morgan fingerprint density at radius 1 is 1.12 bits per heavy atom. The number of thioether (sulfide) groups is 1. The van der Waals surface area contributed by atoms with Gasteiger partial charge in [0.05, 0.1) is 4.91 Å². The van der Waals surface area contributed by atoms with Crippen LogP contribution in [0.2, 0.25) is 0 Å². The summed E-state index contributed by atoms with van der Waals surface area (Å²) >= 11 is 6.10. The van der Waals surface area contributed by atoms with Gasteiger partial charge in [0.1, 0.15) is 11.5 Å². The second-order valence-corrected chi connectivity index (χ2v) is 8.17. The quantitative estimate of drug-likeness (QED) is 0.419. The molecule has 162 valence electrons. The van der Waals surface area contributed by atoms with E-state index in [-0.39, 0.29) is 28.8 Å². The average molecular weight is 469 g/mol. The zero-order valence-corrected chi connectivity index (χ0v) is 18.2. The zero-order chi connectivity index (χ0) is 22.7. The normalized spacial score (nSPS) is 14.9. The van der Waals surface area contributed by atoms with Gasteiger partial charge in [0.25, 0.3) is 17.1 Å². The summed E-state index contributed by atoms with van der Waals surface area (Å²) in [5.41, 5.74) is 1.57. The average Bonchev–Trinajstić information content (AvgIpc) is 3.29. The van der Waals surface area contributed by atoms with Crippen LogP contribution in [0.1, 0.15) is 16.1 Å². The van der Waals surface area contributed by atoms with Crippen molar-refractivity contribution < 1.29 is 18.8 Å². The third-order valence-electron chi connectivity index (χ3n) is 4.69. The van der Waals surface area contributed by atoms with E-state index in [2.05, 4.69) is 10.3 Å². The monoisotopic (exact) mass is 468 g/mol. The number of hydrogen-bond acceptors (Lipinski definition) is 5. The molecule has 2 aromatic carbocycles. The van der Waals surface area contributed by atoms with Crippen LogP contribution in [0.25, 0.3) is 11.8 Å². The molecule has 0 saturated carbocycles. The zero-order valence-electron chi connectivity index (χ0n) is 16.6. The third kappa shape index (κ3) is 4.56. The Morgan fingerprint density at radius 3 is 2.56 bits per heavy atom. The van der Waals surface area contributed by atoms with Crippen LogP contribution in [0.3, 0.4) is 0 Å². The SMILES string of the molecule is O=C(NCCN1C(=O)S/C(=C\c2ccccc2)C1=O)c1c[nH]c(=S)n1-c1ccc(F)cc1. The minimum atomic E-state index is -0.450. The predicted octanol–water partition coefficient (Wildman–Crippen LogP) is 4.14. The number of H-pyrrole nitrogens is 1. The van der Waals surface area contributed by atoms with Crippen LogP contribution in [-0.2, 0) is 4.79 Å². The Morgan fingerprint density at radius 2 is 1.84 bits per heavy atom. The number of aromatic nitrogens is 2. The van der Waals surface area contributed by atoms with Crippen LogP contribution >= 0.6 is 24.0 Å². The van der Waals surface area contributed by atoms with Gasteiger partial charge in [-0.2, -0.15) is 0 Å². The molecule has 10 heteroatoms. The van der Waals surface area contributed by atoms with E-state index in [1.807, 2.05) is 30.3 Å². The predicted molar refractivity (Wildman–Crippen MR) is 122 cm³/mol. The highest BCUT2D eigenvalue weighted by atomic mass is 32.2. The van der Waals surface area contributed by atoms with Crippen molar-refractivity contribution in [2.75, 3.05) is 13.1 Å². The molecule has 0 spiro atoms. The first-order valence-electron chi connectivity index (χ1n) is 9.59. The smallest absolute Gasteiger partial charge is 0.293 e. The number of carbonyl (C=O) groups is 3. The number of aromatic amines is 1. The van der Waals surface area contributed by atoms with E-state index in [0.29, 0.717) is 10.6 Å². The maximum Gasteiger partial charge on any atom is 0.293 e. The maximum absolute atomic E-state index is 13.2. The minimum Gasteiger partial charge on any atom is -0.349 e.